The molecule has 3 N–H and O–H groups in total. The summed E-state index contributed by atoms with van der Waals surface area (Å²) in [5.74, 6) is -1.93. The highest BCUT2D eigenvalue weighted by molar-refractivity contribution is 5.93. The SMILES string of the molecule is CCCC(C)(NC(=O)Nc1ccc(C#N)cc1F)C(=O)O. The van der Waals surface area contributed by atoms with Crippen molar-refractivity contribution in [3.8, 4) is 6.07 Å². The quantitative estimate of drug-likeness (QED) is 0.776. The van der Waals surface area contributed by atoms with Gasteiger partial charge in [-0.1, -0.05) is 13.3 Å². The summed E-state index contributed by atoms with van der Waals surface area (Å²) < 4.78 is 13.6. The monoisotopic (exact) mass is 293 g/mol. The Morgan fingerprint density at radius 3 is 2.62 bits per heavy atom. The first-order valence-electron chi connectivity index (χ1n) is 6.34. The van der Waals surface area contributed by atoms with Crippen LogP contribution in [0.2, 0.25) is 0 Å². The maximum absolute atomic E-state index is 13.6. The third-order valence-corrected chi connectivity index (χ3v) is 2.96. The van der Waals surface area contributed by atoms with Crippen LogP contribution in [-0.2, 0) is 4.79 Å². The lowest BCUT2D eigenvalue weighted by atomic mass is 9.97. The molecule has 0 bridgehead atoms. The van der Waals surface area contributed by atoms with Crippen LogP contribution in [0.3, 0.4) is 0 Å². The summed E-state index contributed by atoms with van der Waals surface area (Å²) in [6.45, 7) is 3.18. The molecule has 0 fully saturated rings. The zero-order valence-corrected chi connectivity index (χ0v) is 11.7. The Kier molecular flexibility index (Phi) is 5.24. The summed E-state index contributed by atoms with van der Waals surface area (Å²) in [5, 5.41) is 22.3. The molecule has 2 amide bonds. The lowest BCUT2D eigenvalue weighted by molar-refractivity contribution is -0.143. The highest BCUT2D eigenvalue weighted by atomic mass is 19.1. The van der Waals surface area contributed by atoms with Gasteiger partial charge in [-0.25, -0.2) is 14.0 Å². The van der Waals surface area contributed by atoms with E-state index < -0.39 is 23.4 Å². The molecule has 1 aromatic rings. The van der Waals surface area contributed by atoms with Crippen molar-refractivity contribution in [2.75, 3.05) is 5.32 Å². The molecule has 0 radical (unpaired) electrons. The second-order valence-electron chi connectivity index (χ2n) is 4.77. The lowest BCUT2D eigenvalue weighted by Gasteiger charge is -2.25. The standard InChI is InChI=1S/C14H16FN3O3/c1-3-6-14(2,12(19)20)18-13(21)17-11-5-4-9(8-16)7-10(11)15/h4-5,7H,3,6H2,1-2H3,(H,19,20)(H2,17,18,21). The molecule has 21 heavy (non-hydrogen) atoms. The first-order valence-corrected chi connectivity index (χ1v) is 6.34. The number of carbonyl (C=O) groups excluding carboxylic acids is 1. The van der Waals surface area contributed by atoms with Crippen LogP contribution in [-0.4, -0.2) is 22.6 Å². The van der Waals surface area contributed by atoms with E-state index in [0.717, 1.165) is 6.07 Å². The number of benzene rings is 1. The van der Waals surface area contributed by atoms with E-state index in [1.807, 2.05) is 0 Å². The van der Waals surface area contributed by atoms with Crippen molar-refractivity contribution in [1.82, 2.24) is 5.32 Å². The topological polar surface area (TPSA) is 102 Å². The Bertz CT molecular complexity index is 598. The maximum atomic E-state index is 13.6. The Hall–Kier alpha value is -2.62. The first-order chi connectivity index (χ1) is 9.82. The number of carboxylic acid groups (broad SMARTS) is 1. The summed E-state index contributed by atoms with van der Waals surface area (Å²) >= 11 is 0. The van der Waals surface area contributed by atoms with E-state index >= 15 is 0 Å². The van der Waals surface area contributed by atoms with Gasteiger partial charge >= 0.3 is 12.0 Å². The van der Waals surface area contributed by atoms with Gasteiger partial charge in [0.15, 0.2) is 0 Å². The number of halogens is 1. The summed E-state index contributed by atoms with van der Waals surface area (Å²) in [6, 6.07) is 4.52. The van der Waals surface area contributed by atoms with Gasteiger partial charge in [-0.05, 0) is 31.5 Å². The summed E-state index contributed by atoms with van der Waals surface area (Å²) in [6.07, 6.45) is 0.805. The fourth-order valence-corrected chi connectivity index (χ4v) is 1.81. The van der Waals surface area contributed by atoms with Gasteiger partial charge in [0, 0.05) is 0 Å². The lowest BCUT2D eigenvalue weighted by Crippen LogP contribution is -2.53. The van der Waals surface area contributed by atoms with Crippen molar-refractivity contribution in [2.24, 2.45) is 0 Å². The molecule has 0 heterocycles. The van der Waals surface area contributed by atoms with Gasteiger partial charge in [0.05, 0.1) is 17.3 Å². The van der Waals surface area contributed by atoms with Crippen molar-refractivity contribution < 1.29 is 19.1 Å². The number of anilines is 1. The summed E-state index contributed by atoms with van der Waals surface area (Å²) in [7, 11) is 0. The number of nitriles is 1. The minimum absolute atomic E-state index is 0.125. The van der Waals surface area contributed by atoms with Crippen LogP contribution in [0, 0.1) is 17.1 Å². The summed E-state index contributed by atoms with van der Waals surface area (Å²) in [5.41, 5.74) is -1.43. The van der Waals surface area contributed by atoms with E-state index in [1.165, 1.54) is 19.1 Å². The predicted molar refractivity (Wildman–Crippen MR) is 74.2 cm³/mol. The average molecular weight is 293 g/mol. The number of hydrogen-bond acceptors (Lipinski definition) is 3. The number of carbonyl (C=O) groups is 2. The number of nitrogens with one attached hydrogen (secondary N) is 2. The van der Waals surface area contributed by atoms with Gasteiger partial charge in [-0.15, -0.1) is 0 Å². The minimum Gasteiger partial charge on any atom is -0.480 e. The zero-order chi connectivity index (χ0) is 16.0. The molecule has 1 aromatic carbocycles. The number of carboxylic acids is 1. The molecule has 0 aliphatic rings. The molecular formula is C14H16FN3O3. The zero-order valence-electron chi connectivity index (χ0n) is 11.7. The second-order valence-corrected chi connectivity index (χ2v) is 4.77. The fraction of sp³-hybridized carbons (Fsp3) is 0.357. The van der Waals surface area contributed by atoms with Gasteiger partial charge in [0.2, 0.25) is 0 Å². The molecule has 0 aliphatic carbocycles. The van der Waals surface area contributed by atoms with E-state index in [-0.39, 0.29) is 17.7 Å². The van der Waals surface area contributed by atoms with Crippen LogP contribution < -0.4 is 10.6 Å². The third-order valence-electron chi connectivity index (χ3n) is 2.96. The molecule has 0 saturated heterocycles. The largest absolute Gasteiger partial charge is 0.480 e. The van der Waals surface area contributed by atoms with Crippen molar-refractivity contribution in [3.63, 3.8) is 0 Å². The minimum atomic E-state index is -1.43. The molecule has 0 aromatic heterocycles. The van der Waals surface area contributed by atoms with Crippen LogP contribution in [0.1, 0.15) is 32.3 Å². The van der Waals surface area contributed by atoms with Crippen LogP contribution in [0.5, 0.6) is 0 Å². The van der Waals surface area contributed by atoms with Gasteiger partial charge in [0.25, 0.3) is 0 Å². The number of nitrogens with zero attached hydrogens (tertiary/aromatic N) is 1. The van der Waals surface area contributed by atoms with E-state index in [2.05, 4.69) is 10.6 Å². The first kappa shape index (κ1) is 16.4. The van der Waals surface area contributed by atoms with Crippen LogP contribution in [0.15, 0.2) is 18.2 Å². The molecule has 0 aliphatic heterocycles. The van der Waals surface area contributed by atoms with E-state index in [1.54, 1.807) is 13.0 Å². The molecule has 1 rings (SSSR count). The Morgan fingerprint density at radius 2 is 2.14 bits per heavy atom. The van der Waals surface area contributed by atoms with Gasteiger partial charge < -0.3 is 15.7 Å². The van der Waals surface area contributed by atoms with Crippen molar-refractivity contribution in [1.29, 1.82) is 5.26 Å². The molecule has 0 spiro atoms. The Balaban J connectivity index is 2.82. The molecule has 1 unspecified atom stereocenters. The van der Waals surface area contributed by atoms with Crippen LogP contribution in [0.4, 0.5) is 14.9 Å². The van der Waals surface area contributed by atoms with E-state index in [0.29, 0.717) is 6.42 Å². The molecule has 112 valence electrons. The maximum Gasteiger partial charge on any atom is 0.329 e. The fourth-order valence-electron chi connectivity index (χ4n) is 1.81. The van der Waals surface area contributed by atoms with Gasteiger partial charge in [-0.3, -0.25) is 0 Å². The number of amides is 2. The predicted octanol–water partition coefficient (Wildman–Crippen LogP) is 2.46. The van der Waals surface area contributed by atoms with E-state index in [9.17, 15) is 14.0 Å². The van der Waals surface area contributed by atoms with Crippen molar-refractivity contribution in [3.05, 3.63) is 29.6 Å². The number of hydrogen-bond donors (Lipinski definition) is 3. The molecule has 7 heteroatoms. The smallest absolute Gasteiger partial charge is 0.329 e. The van der Waals surface area contributed by atoms with Crippen molar-refractivity contribution in [2.45, 2.75) is 32.2 Å². The van der Waals surface area contributed by atoms with Crippen LogP contribution >= 0.6 is 0 Å². The third kappa shape index (κ3) is 4.18. The number of aliphatic carboxylic acids is 1. The van der Waals surface area contributed by atoms with Gasteiger partial charge in [-0.2, -0.15) is 5.26 Å². The normalized spacial score (nSPS) is 12.9. The Labute approximate surface area is 121 Å². The number of rotatable bonds is 5. The Morgan fingerprint density at radius 1 is 1.48 bits per heavy atom. The highest BCUT2D eigenvalue weighted by Gasteiger charge is 2.33. The molecule has 0 saturated carbocycles. The number of urea groups is 1. The molecular weight excluding hydrogens is 277 g/mol. The summed E-state index contributed by atoms with van der Waals surface area (Å²) in [4.78, 5) is 23.0. The second kappa shape index (κ2) is 6.70. The van der Waals surface area contributed by atoms with Gasteiger partial charge in [0.1, 0.15) is 11.4 Å². The van der Waals surface area contributed by atoms with E-state index in [4.69, 9.17) is 10.4 Å². The van der Waals surface area contributed by atoms with Crippen molar-refractivity contribution >= 4 is 17.7 Å². The molecule has 1 atom stereocenters. The molecule has 6 nitrogen and oxygen atoms in total. The van der Waals surface area contributed by atoms with Crippen LogP contribution in [0.25, 0.3) is 0 Å². The average Bonchev–Trinajstić information content (AvgIpc) is 2.41. The highest BCUT2D eigenvalue weighted by Crippen LogP contribution is 2.17.